The molecule has 0 aliphatic heterocycles. The summed E-state index contributed by atoms with van der Waals surface area (Å²) in [5, 5.41) is 22.9. The number of pyridine rings is 1. The SMILES string of the molecule is CC(C#N)(c1cccc(Cl)n1)c1nn[nH]n1. The van der Waals surface area contributed by atoms with Crippen LogP contribution in [0.2, 0.25) is 5.15 Å². The third kappa shape index (κ3) is 1.61. The van der Waals surface area contributed by atoms with E-state index in [2.05, 4.69) is 31.7 Å². The molecule has 1 atom stereocenters. The summed E-state index contributed by atoms with van der Waals surface area (Å²) in [6.45, 7) is 1.66. The van der Waals surface area contributed by atoms with Gasteiger partial charge in [-0.05, 0) is 19.1 Å². The number of nitriles is 1. The van der Waals surface area contributed by atoms with E-state index in [-0.39, 0.29) is 5.82 Å². The first-order chi connectivity index (χ1) is 7.66. The molecule has 0 radical (unpaired) electrons. The maximum absolute atomic E-state index is 9.25. The maximum atomic E-state index is 9.25. The Bertz CT molecular complexity index is 531. The average Bonchev–Trinajstić information content (AvgIpc) is 2.82. The lowest BCUT2D eigenvalue weighted by Crippen LogP contribution is -2.24. The summed E-state index contributed by atoms with van der Waals surface area (Å²) >= 11 is 5.78. The molecule has 80 valence electrons. The van der Waals surface area contributed by atoms with Crippen molar-refractivity contribution < 1.29 is 0 Å². The topological polar surface area (TPSA) is 91.1 Å². The van der Waals surface area contributed by atoms with Gasteiger partial charge in [-0.2, -0.15) is 10.5 Å². The van der Waals surface area contributed by atoms with Crippen molar-refractivity contribution in [2.45, 2.75) is 12.3 Å². The zero-order valence-electron chi connectivity index (χ0n) is 8.35. The van der Waals surface area contributed by atoms with Gasteiger partial charge in [-0.1, -0.05) is 22.9 Å². The van der Waals surface area contributed by atoms with Crippen LogP contribution in [0.3, 0.4) is 0 Å². The number of halogens is 1. The highest BCUT2D eigenvalue weighted by Crippen LogP contribution is 2.27. The highest BCUT2D eigenvalue weighted by molar-refractivity contribution is 6.29. The van der Waals surface area contributed by atoms with Crippen LogP contribution in [0.1, 0.15) is 18.4 Å². The number of aromatic amines is 1. The summed E-state index contributed by atoms with van der Waals surface area (Å²) in [7, 11) is 0. The molecule has 1 N–H and O–H groups in total. The molecule has 0 aromatic carbocycles. The van der Waals surface area contributed by atoms with Crippen molar-refractivity contribution >= 4 is 11.6 Å². The van der Waals surface area contributed by atoms with Crippen LogP contribution in [-0.4, -0.2) is 25.6 Å². The monoisotopic (exact) mass is 234 g/mol. The van der Waals surface area contributed by atoms with Crippen molar-refractivity contribution in [3.05, 3.63) is 34.9 Å². The molecule has 16 heavy (non-hydrogen) atoms. The number of rotatable bonds is 2. The first-order valence-corrected chi connectivity index (χ1v) is 4.83. The van der Waals surface area contributed by atoms with Crippen LogP contribution in [0.15, 0.2) is 18.2 Å². The first kappa shape index (κ1) is 10.5. The van der Waals surface area contributed by atoms with E-state index in [0.29, 0.717) is 10.8 Å². The fraction of sp³-hybridized carbons (Fsp3) is 0.222. The number of tetrazole rings is 1. The van der Waals surface area contributed by atoms with Crippen LogP contribution in [0.5, 0.6) is 0 Å². The zero-order valence-corrected chi connectivity index (χ0v) is 9.10. The predicted octanol–water partition coefficient (Wildman–Crippen LogP) is 1.08. The minimum absolute atomic E-state index is 0.268. The largest absolute Gasteiger partial charge is 0.239 e. The molecule has 0 aliphatic rings. The molecule has 1 unspecified atom stereocenters. The van der Waals surface area contributed by atoms with Gasteiger partial charge < -0.3 is 0 Å². The molecular formula is C9H7ClN6. The van der Waals surface area contributed by atoms with E-state index in [9.17, 15) is 5.26 Å². The summed E-state index contributed by atoms with van der Waals surface area (Å²) in [5.41, 5.74) is -0.568. The van der Waals surface area contributed by atoms with Crippen molar-refractivity contribution in [1.82, 2.24) is 25.6 Å². The second-order valence-electron chi connectivity index (χ2n) is 3.32. The molecule has 0 saturated heterocycles. The van der Waals surface area contributed by atoms with Crippen molar-refractivity contribution in [3.63, 3.8) is 0 Å². The second kappa shape index (κ2) is 3.87. The fourth-order valence-corrected chi connectivity index (χ4v) is 1.45. The van der Waals surface area contributed by atoms with E-state index in [0.717, 1.165) is 0 Å². The number of aromatic nitrogens is 5. The van der Waals surface area contributed by atoms with Crippen molar-refractivity contribution in [1.29, 1.82) is 5.26 Å². The molecule has 0 aliphatic carbocycles. The molecule has 0 bridgehead atoms. The van der Waals surface area contributed by atoms with E-state index in [1.165, 1.54) is 0 Å². The number of nitrogens with one attached hydrogen (secondary N) is 1. The molecule has 7 heteroatoms. The quantitative estimate of drug-likeness (QED) is 0.785. The Morgan fingerprint density at radius 2 is 2.31 bits per heavy atom. The van der Waals surface area contributed by atoms with Crippen LogP contribution in [0.25, 0.3) is 0 Å². The van der Waals surface area contributed by atoms with Gasteiger partial charge in [0.2, 0.25) is 5.82 Å². The standard InChI is InChI=1S/C9H7ClN6/c1-9(5-11,8-13-15-16-14-8)6-3-2-4-7(10)12-6/h2-4H,1H3,(H,13,14,15,16). The van der Waals surface area contributed by atoms with Crippen LogP contribution in [-0.2, 0) is 5.41 Å². The molecule has 6 nitrogen and oxygen atoms in total. The Morgan fingerprint density at radius 1 is 1.50 bits per heavy atom. The Kier molecular flexibility index (Phi) is 2.54. The average molecular weight is 235 g/mol. The third-order valence-corrected chi connectivity index (χ3v) is 2.45. The molecule has 0 spiro atoms. The lowest BCUT2D eigenvalue weighted by molar-refractivity contribution is 0.653. The van der Waals surface area contributed by atoms with Gasteiger partial charge in [0.25, 0.3) is 0 Å². The normalized spacial score (nSPS) is 14.1. The van der Waals surface area contributed by atoms with Gasteiger partial charge in [0, 0.05) is 0 Å². The zero-order chi connectivity index (χ0) is 11.6. The Morgan fingerprint density at radius 3 is 2.88 bits per heavy atom. The van der Waals surface area contributed by atoms with Crippen LogP contribution >= 0.6 is 11.6 Å². The summed E-state index contributed by atoms with van der Waals surface area (Å²) in [6, 6.07) is 7.18. The molecule has 2 aromatic rings. The van der Waals surface area contributed by atoms with Gasteiger partial charge in [-0.3, -0.25) is 0 Å². The maximum Gasteiger partial charge on any atom is 0.200 e. The van der Waals surface area contributed by atoms with Crippen LogP contribution in [0.4, 0.5) is 0 Å². The van der Waals surface area contributed by atoms with E-state index in [1.807, 2.05) is 0 Å². The molecule has 2 heterocycles. The van der Waals surface area contributed by atoms with E-state index in [1.54, 1.807) is 25.1 Å². The van der Waals surface area contributed by atoms with Crippen molar-refractivity contribution in [2.24, 2.45) is 0 Å². The Hall–Kier alpha value is -2.00. The number of nitrogens with zero attached hydrogens (tertiary/aromatic N) is 5. The van der Waals surface area contributed by atoms with Gasteiger partial charge in [-0.15, -0.1) is 10.2 Å². The first-order valence-electron chi connectivity index (χ1n) is 4.45. The third-order valence-electron chi connectivity index (χ3n) is 2.24. The highest BCUT2D eigenvalue weighted by atomic mass is 35.5. The summed E-state index contributed by atoms with van der Waals surface area (Å²) < 4.78 is 0. The lowest BCUT2D eigenvalue weighted by atomic mass is 9.87. The molecule has 2 aromatic heterocycles. The summed E-state index contributed by atoms with van der Waals surface area (Å²) in [6.07, 6.45) is 0. The molecule has 0 amide bonds. The van der Waals surface area contributed by atoms with Crippen molar-refractivity contribution in [3.8, 4) is 6.07 Å². The minimum atomic E-state index is -1.06. The predicted molar refractivity (Wildman–Crippen MR) is 55.5 cm³/mol. The van der Waals surface area contributed by atoms with Crippen molar-refractivity contribution in [2.75, 3.05) is 0 Å². The molecular weight excluding hydrogens is 228 g/mol. The van der Waals surface area contributed by atoms with E-state index >= 15 is 0 Å². The molecule has 2 rings (SSSR count). The fourth-order valence-electron chi connectivity index (χ4n) is 1.28. The second-order valence-corrected chi connectivity index (χ2v) is 3.71. The van der Waals surface area contributed by atoms with Gasteiger partial charge in [0.05, 0.1) is 11.8 Å². The van der Waals surface area contributed by atoms with Crippen LogP contribution < -0.4 is 0 Å². The lowest BCUT2D eigenvalue weighted by Gasteiger charge is -2.16. The minimum Gasteiger partial charge on any atom is -0.239 e. The smallest absolute Gasteiger partial charge is 0.200 e. The van der Waals surface area contributed by atoms with E-state index in [4.69, 9.17) is 11.6 Å². The highest BCUT2D eigenvalue weighted by Gasteiger charge is 2.35. The Balaban J connectivity index is 2.56. The summed E-state index contributed by atoms with van der Waals surface area (Å²) in [4.78, 5) is 4.09. The number of hydrogen-bond acceptors (Lipinski definition) is 5. The number of hydrogen-bond donors (Lipinski definition) is 1. The molecule has 0 fully saturated rings. The van der Waals surface area contributed by atoms with Crippen LogP contribution in [0, 0.1) is 11.3 Å². The Labute approximate surface area is 96.3 Å². The van der Waals surface area contributed by atoms with Gasteiger partial charge in [0.1, 0.15) is 5.15 Å². The van der Waals surface area contributed by atoms with E-state index < -0.39 is 5.41 Å². The number of H-pyrrole nitrogens is 1. The molecule has 0 saturated carbocycles. The van der Waals surface area contributed by atoms with Gasteiger partial charge in [-0.25, -0.2) is 4.98 Å². The summed E-state index contributed by atoms with van der Waals surface area (Å²) in [5.74, 6) is 0.268. The van der Waals surface area contributed by atoms with Gasteiger partial charge in [0.15, 0.2) is 5.41 Å². The van der Waals surface area contributed by atoms with Gasteiger partial charge >= 0.3 is 0 Å².